The minimum Gasteiger partial charge on any atom is -0.273 e. The van der Waals surface area contributed by atoms with Gasteiger partial charge in [-0.05, 0) is 32.4 Å². The van der Waals surface area contributed by atoms with E-state index in [1.54, 1.807) is 0 Å². The first-order valence-corrected chi connectivity index (χ1v) is 6.95. The molecule has 0 N–H and O–H groups in total. The van der Waals surface area contributed by atoms with Gasteiger partial charge in [0.1, 0.15) is 0 Å². The predicted molar refractivity (Wildman–Crippen MR) is 75.5 cm³/mol. The van der Waals surface area contributed by atoms with Gasteiger partial charge in [0.05, 0.1) is 0 Å². The van der Waals surface area contributed by atoms with Crippen molar-refractivity contribution in [1.82, 2.24) is 0 Å². The SMILES string of the molecule is C=NC(=O)CCCCCCCC=CCCCC. The van der Waals surface area contributed by atoms with Crippen molar-refractivity contribution in [2.24, 2.45) is 4.99 Å². The third-order valence-corrected chi connectivity index (χ3v) is 2.83. The Morgan fingerprint density at radius 2 is 1.59 bits per heavy atom. The second-order valence-corrected chi connectivity index (χ2v) is 4.47. The third-order valence-electron chi connectivity index (χ3n) is 2.83. The summed E-state index contributed by atoms with van der Waals surface area (Å²) in [5, 5.41) is 0. The van der Waals surface area contributed by atoms with Crippen LogP contribution in [0.1, 0.15) is 71.1 Å². The predicted octanol–water partition coefficient (Wildman–Crippen LogP) is 4.69. The van der Waals surface area contributed by atoms with Crippen LogP contribution in [-0.4, -0.2) is 12.6 Å². The lowest BCUT2D eigenvalue weighted by Gasteiger charge is -1.98. The van der Waals surface area contributed by atoms with E-state index in [-0.39, 0.29) is 5.91 Å². The van der Waals surface area contributed by atoms with Crippen LogP contribution < -0.4 is 0 Å². The monoisotopic (exact) mass is 237 g/mol. The quantitative estimate of drug-likeness (QED) is 0.291. The van der Waals surface area contributed by atoms with Crippen molar-refractivity contribution in [3.05, 3.63) is 12.2 Å². The third kappa shape index (κ3) is 13.0. The van der Waals surface area contributed by atoms with Gasteiger partial charge in [-0.25, -0.2) is 4.99 Å². The zero-order valence-corrected chi connectivity index (χ0v) is 11.3. The van der Waals surface area contributed by atoms with Crippen molar-refractivity contribution in [2.45, 2.75) is 71.1 Å². The molecular weight excluding hydrogens is 210 g/mol. The van der Waals surface area contributed by atoms with Gasteiger partial charge >= 0.3 is 0 Å². The van der Waals surface area contributed by atoms with E-state index >= 15 is 0 Å². The van der Waals surface area contributed by atoms with Crippen LogP contribution in [0, 0.1) is 0 Å². The van der Waals surface area contributed by atoms with E-state index in [1.807, 2.05) is 0 Å². The smallest absolute Gasteiger partial charge is 0.245 e. The standard InChI is InChI=1S/C15H27NO/c1-3-4-5-6-7-8-9-10-11-12-13-14-15(17)16-2/h6-7H,2-5,8-14H2,1H3. The molecule has 0 aliphatic carbocycles. The molecule has 0 spiro atoms. The number of amides is 1. The van der Waals surface area contributed by atoms with E-state index in [1.165, 1.54) is 44.9 Å². The highest BCUT2D eigenvalue weighted by Crippen LogP contribution is 2.08. The molecule has 0 bridgehead atoms. The molecule has 2 heteroatoms. The van der Waals surface area contributed by atoms with E-state index in [0.717, 1.165) is 12.8 Å². The molecule has 0 saturated heterocycles. The van der Waals surface area contributed by atoms with Crippen molar-refractivity contribution in [3.63, 3.8) is 0 Å². The molecule has 0 atom stereocenters. The number of rotatable bonds is 11. The van der Waals surface area contributed by atoms with Crippen molar-refractivity contribution in [1.29, 1.82) is 0 Å². The zero-order valence-electron chi connectivity index (χ0n) is 11.3. The Kier molecular flexibility index (Phi) is 12.4. The molecule has 2 nitrogen and oxygen atoms in total. The Morgan fingerprint density at radius 1 is 1.00 bits per heavy atom. The number of hydrogen-bond donors (Lipinski definition) is 0. The van der Waals surface area contributed by atoms with Crippen LogP contribution in [-0.2, 0) is 4.79 Å². The zero-order chi connectivity index (χ0) is 12.8. The first-order chi connectivity index (χ1) is 8.31. The highest BCUT2D eigenvalue weighted by molar-refractivity contribution is 5.80. The van der Waals surface area contributed by atoms with Crippen LogP contribution in [0.15, 0.2) is 17.1 Å². The number of allylic oxidation sites excluding steroid dienone is 2. The molecule has 0 unspecified atom stereocenters. The molecule has 0 rings (SSSR count). The molecule has 0 aromatic carbocycles. The molecule has 0 fully saturated rings. The van der Waals surface area contributed by atoms with Gasteiger partial charge in [0.2, 0.25) is 5.91 Å². The van der Waals surface area contributed by atoms with Gasteiger partial charge in [-0.1, -0.05) is 51.2 Å². The molecular formula is C15H27NO. The highest BCUT2D eigenvalue weighted by atomic mass is 16.1. The Balaban J connectivity index is 3.10. The summed E-state index contributed by atoms with van der Waals surface area (Å²) in [4.78, 5) is 14.2. The van der Waals surface area contributed by atoms with Crippen LogP contribution in [0.25, 0.3) is 0 Å². The molecule has 0 saturated carbocycles. The fourth-order valence-electron chi connectivity index (χ4n) is 1.71. The molecule has 0 aromatic heterocycles. The maximum atomic E-state index is 10.8. The van der Waals surface area contributed by atoms with E-state index in [4.69, 9.17) is 0 Å². The number of nitrogens with zero attached hydrogens (tertiary/aromatic N) is 1. The number of unbranched alkanes of at least 4 members (excludes halogenated alkanes) is 7. The summed E-state index contributed by atoms with van der Waals surface area (Å²) in [7, 11) is 0. The van der Waals surface area contributed by atoms with Gasteiger partial charge in [-0.2, -0.15) is 0 Å². The maximum absolute atomic E-state index is 10.8. The summed E-state index contributed by atoms with van der Waals surface area (Å²) in [5.41, 5.74) is 0. The van der Waals surface area contributed by atoms with Crippen LogP contribution in [0.3, 0.4) is 0 Å². The second kappa shape index (κ2) is 13.1. The molecule has 0 heterocycles. The van der Waals surface area contributed by atoms with E-state index < -0.39 is 0 Å². The second-order valence-electron chi connectivity index (χ2n) is 4.47. The Bertz CT molecular complexity index is 221. The van der Waals surface area contributed by atoms with Crippen LogP contribution in [0.4, 0.5) is 0 Å². The van der Waals surface area contributed by atoms with E-state index in [0.29, 0.717) is 6.42 Å². The van der Waals surface area contributed by atoms with Crippen molar-refractivity contribution >= 4 is 12.6 Å². The number of hydrogen-bond acceptors (Lipinski definition) is 1. The minimum atomic E-state index is -0.0659. The van der Waals surface area contributed by atoms with Gasteiger partial charge in [0.15, 0.2) is 0 Å². The van der Waals surface area contributed by atoms with Gasteiger partial charge < -0.3 is 0 Å². The summed E-state index contributed by atoms with van der Waals surface area (Å²) >= 11 is 0. The van der Waals surface area contributed by atoms with Gasteiger partial charge in [0, 0.05) is 6.42 Å². The fourth-order valence-corrected chi connectivity index (χ4v) is 1.71. The summed E-state index contributed by atoms with van der Waals surface area (Å²) in [6.07, 6.45) is 16.1. The molecule has 0 aliphatic heterocycles. The van der Waals surface area contributed by atoms with Crippen molar-refractivity contribution in [3.8, 4) is 0 Å². The summed E-state index contributed by atoms with van der Waals surface area (Å²) in [6.45, 7) is 5.45. The van der Waals surface area contributed by atoms with Crippen LogP contribution in [0.5, 0.6) is 0 Å². The average molecular weight is 237 g/mol. The van der Waals surface area contributed by atoms with E-state index in [2.05, 4.69) is 30.8 Å². The summed E-state index contributed by atoms with van der Waals surface area (Å²) in [5.74, 6) is -0.0659. The van der Waals surface area contributed by atoms with E-state index in [9.17, 15) is 4.79 Å². The topological polar surface area (TPSA) is 29.4 Å². The first kappa shape index (κ1) is 16.1. The molecule has 1 amide bonds. The average Bonchev–Trinajstić information content (AvgIpc) is 2.35. The minimum absolute atomic E-state index is 0.0659. The largest absolute Gasteiger partial charge is 0.273 e. The Hall–Kier alpha value is -0.920. The fraction of sp³-hybridized carbons (Fsp3) is 0.733. The van der Waals surface area contributed by atoms with Gasteiger partial charge in [-0.15, -0.1) is 0 Å². The molecule has 0 aromatic rings. The molecule has 0 radical (unpaired) electrons. The number of aliphatic imine (C=N–C) groups is 1. The maximum Gasteiger partial charge on any atom is 0.245 e. The number of carbonyl (C=O) groups is 1. The lowest BCUT2D eigenvalue weighted by atomic mass is 10.1. The van der Waals surface area contributed by atoms with Gasteiger partial charge in [-0.3, -0.25) is 4.79 Å². The molecule has 98 valence electrons. The van der Waals surface area contributed by atoms with Crippen LogP contribution in [0.2, 0.25) is 0 Å². The summed E-state index contributed by atoms with van der Waals surface area (Å²) < 4.78 is 0. The van der Waals surface area contributed by atoms with Crippen LogP contribution >= 0.6 is 0 Å². The number of carbonyl (C=O) groups excluding carboxylic acids is 1. The van der Waals surface area contributed by atoms with Gasteiger partial charge in [0.25, 0.3) is 0 Å². The Morgan fingerprint density at radius 3 is 2.24 bits per heavy atom. The highest BCUT2D eigenvalue weighted by Gasteiger charge is 1.96. The molecule has 0 aliphatic rings. The Labute approximate surface area is 106 Å². The van der Waals surface area contributed by atoms with Crippen molar-refractivity contribution < 1.29 is 4.79 Å². The normalized spacial score (nSPS) is 10.9. The lowest BCUT2D eigenvalue weighted by molar-refractivity contribution is -0.117. The molecule has 17 heavy (non-hydrogen) atoms. The summed E-state index contributed by atoms with van der Waals surface area (Å²) in [6, 6.07) is 0. The lowest BCUT2D eigenvalue weighted by Crippen LogP contribution is -1.91. The van der Waals surface area contributed by atoms with Crippen molar-refractivity contribution in [2.75, 3.05) is 0 Å². The first-order valence-electron chi connectivity index (χ1n) is 6.95.